The fourth-order valence-corrected chi connectivity index (χ4v) is 4.91. The number of hydrazine groups is 1. The van der Waals surface area contributed by atoms with E-state index in [1.807, 2.05) is 37.2 Å². The number of nitrogens with one attached hydrogen (secondary N) is 2. The summed E-state index contributed by atoms with van der Waals surface area (Å²) in [5, 5.41) is 2.99. The third-order valence-electron chi connectivity index (χ3n) is 6.61. The van der Waals surface area contributed by atoms with Crippen molar-refractivity contribution in [1.29, 1.82) is 0 Å². The summed E-state index contributed by atoms with van der Waals surface area (Å²) in [7, 11) is 4.17. The van der Waals surface area contributed by atoms with E-state index in [-0.39, 0.29) is 6.61 Å². The molecule has 1 fully saturated rings. The summed E-state index contributed by atoms with van der Waals surface area (Å²) in [6.07, 6.45) is 3.13. The van der Waals surface area contributed by atoms with Crippen LogP contribution in [0, 0.1) is 6.92 Å². The lowest BCUT2D eigenvalue weighted by Gasteiger charge is -2.34. The Balaban J connectivity index is 1.20. The Morgan fingerprint density at radius 2 is 1.81 bits per heavy atom. The number of fused-ring (bicyclic) bond motifs is 1. The number of likely N-dealkylation sites (N-methyl/N-ethyl adjacent to an activating group) is 1. The zero-order chi connectivity index (χ0) is 25.9. The van der Waals surface area contributed by atoms with Gasteiger partial charge in [0.2, 0.25) is 0 Å². The summed E-state index contributed by atoms with van der Waals surface area (Å²) in [4.78, 5) is 17.1. The molecular weight excluding hydrogens is 509 g/mol. The van der Waals surface area contributed by atoms with Crippen molar-refractivity contribution in [2.75, 3.05) is 50.6 Å². The van der Waals surface area contributed by atoms with Gasteiger partial charge in [0, 0.05) is 56.9 Å². The minimum absolute atomic E-state index is 0.273. The Bertz CT molecular complexity index is 1360. The number of halogens is 2. The van der Waals surface area contributed by atoms with Crippen molar-refractivity contribution in [3.8, 4) is 5.75 Å². The Morgan fingerprint density at radius 3 is 2.54 bits per heavy atom. The molecule has 0 bridgehead atoms. The maximum atomic E-state index is 6.20. The van der Waals surface area contributed by atoms with Crippen LogP contribution in [0.15, 0.2) is 48.8 Å². The molecule has 2 N–H and O–H groups in total. The summed E-state index contributed by atoms with van der Waals surface area (Å²) in [6.45, 7) is 7.19. The number of rotatable bonds is 8. The van der Waals surface area contributed by atoms with Crippen molar-refractivity contribution in [3.63, 3.8) is 0 Å². The quantitative estimate of drug-likeness (QED) is 0.292. The molecule has 1 saturated heterocycles. The number of nitrogens with zero attached hydrogens (tertiary/aromatic N) is 5. The first kappa shape index (κ1) is 25.6. The third kappa shape index (κ3) is 6.10. The number of anilines is 2. The van der Waals surface area contributed by atoms with Gasteiger partial charge in [-0.3, -0.25) is 4.98 Å². The van der Waals surface area contributed by atoms with Gasteiger partial charge in [-0.1, -0.05) is 23.2 Å². The first-order chi connectivity index (χ1) is 17.9. The molecule has 0 aliphatic carbocycles. The summed E-state index contributed by atoms with van der Waals surface area (Å²) < 4.78 is 5.92. The van der Waals surface area contributed by atoms with Crippen molar-refractivity contribution in [1.82, 2.24) is 24.9 Å². The highest BCUT2D eigenvalue weighted by Gasteiger charge is 2.16. The van der Waals surface area contributed by atoms with Gasteiger partial charge in [-0.2, -0.15) is 0 Å². The maximum Gasteiger partial charge on any atom is 0.123 e. The van der Waals surface area contributed by atoms with Crippen LogP contribution >= 0.6 is 23.2 Å². The van der Waals surface area contributed by atoms with Crippen molar-refractivity contribution in [2.45, 2.75) is 20.1 Å². The molecule has 0 saturated carbocycles. The van der Waals surface area contributed by atoms with E-state index in [0.29, 0.717) is 16.6 Å². The molecule has 0 radical (unpaired) electrons. The molecule has 5 rings (SSSR count). The molecule has 10 heteroatoms. The zero-order valence-corrected chi connectivity index (χ0v) is 22.8. The highest BCUT2D eigenvalue weighted by atomic mass is 35.5. The molecular formula is C27H31Cl2N7O. The van der Waals surface area contributed by atoms with Crippen LogP contribution in [0.2, 0.25) is 10.0 Å². The van der Waals surface area contributed by atoms with Crippen LogP contribution in [-0.2, 0) is 13.2 Å². The van der Waals surface area contributed by atoms with Crippen molar-refractivity contribution >= 4 is 45.6 Å². The predicted octanol–water partition coefficient (Wildman–Crippen LogP) is 5.36. The molecule has 8 nitrogen and oxygen atoms in total. The first-order valence-electron chi connectivity index (χ1n) is 12.3. The first-order valence-corrected chi connectivity index (χ1v) is 13.0. The highest BCUT2D eigenvalue weighted by Crippen LogP contribution is 2.27. The van der Waals surface area contributed by atoms with Crippen molar-refractivity contribution in [3.05, 3.63) is 75.8 Å². The monoisotopic (exact) mass is 539 g/mol. The molecule has 4 aromatic rings. The van der Waals surface area contributed by atoms with Crippen LogP contribution in [0.3, 0.4) is 0 Å². The Kier molecular flexibility index (Phi) is 7.71. The summed E-state index contributed by atoms with van der Waals surface area (Å²) >= 11 is 12.4. The van der Waals surface area contributed by atoms with E-state index in [1.54, 1.807) is 12.4 Å². The van der Waals surface area contributed by atoms with E-state index in [9.17, 15) is 0 Å². The third-order valence-corrected chi connectivity index (χ3v) is 7.27. The SMILES string of the molecule is Cc1cc(OCc2c(Cl)cncc2Cl)ccc1NN(C)Cc1nc2ccc(N3CCN(C)CC3)cc2[nH]1. The topological polar surface area (TPSA) is 72.6 Å². The number of H-pyrrole nitrogens is 1. The number of aryl methyl sites for hydroxylation is 1. The minimum Gasteiger partial charge on any atom is -0.489 e. The van der Waals surface area contributed by atoms with Gasteiger partial charge in [-0.25, -0.2) is 9.99 Å². The number of imidazole rings is 1. The average Bonchev–Trinajstić information content (AvgIpc) is 3.27. The smallest absolute Gasteiger partial charge is 0.123 e. The molecule has 0 amide bonds. The lowest BCUT2D eigenvalue weighted by Crippen LogP contribution is -2.44. The lowest BCUT2D eigenvalue weighted by atomic mass is 10.2. The zero-order valence-electron chi connectivity index (χ0n) is 21.3. The number of hydrogen-bond donors (Lipinski definition) is 2. The standard InChI is InChI=1S/C27H31Cl2N7O/c1-18-12-20(37-17-21-22(28)14-30-15-23(21)29)5-7-24(18)33-35(3)16-27-31-25-6-4-19(13-26(25)32-27)36-10-8-34(2)9-11-36/h4-7,12-15,33H,8-11,16-17H2,1-3H3,(H,31,32). The van der Waals surface area contributed by atoms with Crippen LogP contribution in [0.5, 0.6) is 5.75 Å². The van der Waals surface area contributed by atoms with Gasteiger partial charge in [0.15, 0.2) is 0 Å². The largest absolute Gasteiger partial charge is 0.489 e. The van der Waals surface area contributed by atoms with Gasteiger partial charge in [-0.05, 0) is 55.9 Å². The molecule has 2 aromatic carbocycles. The number of aromatic amines is 1. The van der Waals surface area contributed by atoms with Gasteiger partial charge in [0.05, 0.1) is 33.3 Å². The molecule has 0 atom stereocenters. The van der Waals surface area contributed by atoms with E-state index in [4.69, 9.17) is 32.9 Å². The second kappa shape index (κ2) is 11.1. The highest BCUT2D eigenvalue weighted by molar-refractivity contribution is 6.35. The number of hydrogen-bond acceptors (Lipinski definition) is 7. The number of pyridine rings is 1. The van der Waals surface area contributed by atoms with E-state index in [1.165, 1.54) is 5.69 Å². The van der Waals surface area contributed by atoms with Crippen LogP contribution in [0.25, 0.3) is 11.0 Å². The van der Waals surface area contributed by atoms with Gasteiger partial charge in [-0.15, -0.1) is 0 Å². The van der Waals surface area contributed by atoms with Gasteiger partial charge in [0.1, 0.15) is 18.2 Å². The summed E-state index contributed by atoms with van der Waals surface area (Å²) in [6, 6.07) is 12.4. The predicted molar refractivity (Wildman–Crippen MR) is 151 cm³/mol. The Labute approximate surface area is 227 Å². The second-order valence-corrected chi connectivity index (χ2v) is 10.3. The Morgan fingerprint density at radius 1 is 1.05 bits per heavy atom. The van der Waals surface area contributed by atoms with Crippen LogP contribution in [0.1, 0.15) is 17.0 Å². The van der Waals surface area contributed by atoms with Crippen LogP contribution in [-0.4, -0.2) is 65.1 Å². The fourth-order valence-electron chi connectivity index (χ4n) is 4.44. The number of ether oxygens (including phenoxy) is 1. The fraction of sp³-hybridized carbons (Fsp3) is 0.333. The van der Waals surface area contributed by atoms with Crippen LogP contribution in [0.4, 0.5) is 11.4 Å². The molecule has 1 aliphatic heterocycles. The molecule has 1 aliphatic rings. The van der Waals surface area contributed by atoms with E-state index >= 15 is 0 Å². The molecule has 0 unspecified atom stereocenters. The number of piperazine rings is 1. The average molecular weight is 540 g/mol. The van der Waals surface area contributed by atoms with E-state index in [2.05, 4.69) is 50.4 Å². The van der Waals surface area contributed by atoms with Crippen molar-refractivity contribution < 1.29 is 4.74 Å². The number of aromatic nitrogens is 3. The number of benzene rings is 2. The molecule has 2 aromatic heterocycles. The molecule has 37 heavy (non-hydrogen) atoms. The second-order valence-electron chi connectivity index (χ2n) is 9.49. The van der Waals surface area contributed by atoms with E-state index < -0.39 is 0 Å². The molecule has 3 heterocycles. The van der Waals surface area contributed by atoms with Gasteiger partial charge < -0.3 is 24.9 Å². The molecule has 0 spiro atoms. The molecule has 194 valence electrons. The van der Waals surface area contributed by atoms with Gasteiger partial charge in [0.25, 0.3) is 0 Å². The summed E-state index contributed by atoms with van der Waals surface area (Å²) in [5.74, 6) is 1.65. The summed E-state index contributed by atoms with van der Waals surface area (Å²) in [5.41, 5.74) is 9.49. The Hall–Kier alpha value is -3.04. The van der Waals surface area contributed by atoms with Gasteiger partial charge >= 0.3 is 0 Å². The van der Waals surface area contributed by atoms with Crippen molar-refractivity contribution in [2.24, 2.45) is 0 Å². The van der Waals surface area contributed by atoms with Crippen LogP contribution < -0.4 is 15.1 Å². The lowest BCUT2D eigenvalue weighted by molar-refractivity contribution is 0.306. The van der Waals surface area contributed by atoms with E-state index in [0.717, 1.165) is 65.6 Å². The normalized spacial score (nSPS) is 14.5. The maximum absolute atomic E-state index is 6.20. The minimum atomic E-state index is 0.273.